The van der Waals surface area contributed by atoms with Crippen LogP contribution in [0.4, 0.5) is 9.39 Å². The number of benzene rings is 1. The zero-order valence-corrected chi connectivity index (χ0v) is 19.7. The van der Waals surface area contributed by atoms with Crippen LogP contribution < -0.4 is 5.32 Å². The van der Waals surface area contributed by atoms with Crippen molar-refractivity contribution in [2.75, 3.05) is 12.4 Å². The van der Waals surface area contributed by atoms with E-state index < -0.39 is 5.97 Å². The van der Waals surface area contributed by atoms with E-state index in [9.17, 15) is 14.0 Å². The number of esters is 1. The number of pyridine rings is 1. The van der Waals surface area contributed by atoms with Crippen molar-refractivity contribution in [2.45, 2.75) is 39.2 Å². The number of methoxy groups -OCH3 is 1. The van der Waals surface area contributed by atoms with Crippen LogP contribution in [0.25, 0.3) is 22.2 Å². The third kappa shape index (κ3) is 3.96. The molecule has 1 N–H and O–H groups in total. The van der Waals surface area contributed by atoms with Gasteiger partial charge >= 0.3 is 5.97 Å². The number of aromatic nitrogens is 3. The van der Waals surface area contributed by atoms with Crippen molar-refractivity contribution < 1.29 is 18.7 Å². The van der Waals surface area contributed by atoms with Crippen molar-refractivity contribution in [1.29, 1.82) is 0 Å². The predicted octanol–water partition coefficient (Wildman–Crippen LogP) is 4.91. The second kappa shape index (κ2) is 8.98. The third-order valence-electron chi connectivity index (χ3n) is 6.07. The van der Waals surface area contributed by atoms with Gasteiger partial charge in [-0.2, -0.15) is 5.10 Å². The largest absolute Gasteiger partial charge is 0.465 e. The lowest BCUT2D eigenvalue weighted by atomic mass is 9.95. The van der Waals surface area contributed by atoms with Gasteiger partial charge in [0, 0.05) is 16.5 Å². The normalized spacial score (nSPS) is 13.0. The standard InChI is InChI=1S/C25H23FN4O3S/c1-14-21-17(15-7-9-16(26)10-8-15)11-12-27-23(21)30(29-14)13-20(31)28-24-22(25(32)33-2)18-5-3-4-6-19(18)34-24/h7-12H,3-6,13H2,1-2H3,(H,28,31). The van der Waals surface area contributed by atoms with Crippen molar-refractivity contribution in [2.24, 2.45) is 0 Å². The summed E-state index contributed by atoms with van der Waals surface area (Å²) in [6, 6.07) is 8.09. The van der Waals surface area contributed by atoms with Crippen LogP contribution in [0.5, 0.6) is 0 Å². The van der Waals surface area contributed by atoms with Gasteiger partial charge in [-0.3, -0.25) is 4.79 Å². The predicted molar refractivity (Wildman–Crippen MR) is 129 cm³/mol. The molecular formula is C25H23FN4O3S. The monoisotopic (exact) mass is 478 g/mol. The zero-order valence-electron chi connectivity index (χ0n) is 18.9. The van der Waals surface area contributed by atoms with E-state index in [2.05, 4.69) is 15.4 Å². The van der Waals surface area contributed by atoms with E-state index in [1.54, 1.807) is 23.0 Å². The van der Waals surface area contributed by atoms with Crippen molar-refractivity contribution in [1.82, 2.24) is 14.8 Å². The number of anilines is 1. The first-order valence-electron chi connectivity index (χ1n) is 11.1. The fourth-order valence-corrected chi connectivity index (χ4v) is 5.83. The van der Waals surface area contributed by atoms with E-state index in [-0.39, 0.29) is 18.3 Å². The Bertz CT molecular complexity index is 1410. The molecule has 0 aliphatic heterocycles. The maximum atomic E-state index is 13.4. The first kappa shape index (κ1) is 22.2. The molecule has 9 heteroatoms. The summed E-state index contributed by atoms with van der Waals surface area (Å²) >= 11 is 1.45. The highest BCUT2D eigenvalue weighted by Crippen LogP contribution is 2.38. The van der Waals surface area contributed by atoms with Gasteiger partial charge in [-0.25, -0.2) is 18.9 Å². The summed E-state index contributed by atoms with van der Waals surface area (Å²) in [6.07, 6.45) is 5.45. The molecule has 7 nitrogen and oxygen atoms in total. The second-order valence-corrected chi connectivity index (χ2v) is 9.37. The Kier molecular flexibility index (Phi) is 5.87. The molecule has 1 aliphatic rings. The van der Waals surface area contributed by atoms with Crippen LogP contribution in [0.2, 0.25) is 0 Å². The van der Waals surface area contributed by atoms with E-state index in [0.29, 0.717) is 16.2 Å². The fraction of sp³-hybridized carbons (Fsp3) is 0.280. The molecule has 3 aromatic heterocycles. The highest BCUT2D eigenvalue weighted by Gasteiger charge is 2.27. The summed E-state index contributed by atoms with van der Waals surface area (Å²) < 4.78 is 19.9. The van der Waals surface area contributed by atoms with E-state index in [4.69, 9.17) is 4.74 Å². The number of carbonyl (C=O) groups excluding carboxylic acids is 2. The summed E-state index contributed by atoms with van der Waals surface area (Å²) in [4.78, 5) is 31.1. The molecule has 1 amide bonds. The molecule has 3 heterocycles. The Hall–Kier alpha value is -3.59. The Morgan fingerprint density at radius 2 is 1.94 bits per heavy atom. The van der Waals surface area contributed by atoms with Crippen molar-refractivity contribution in [3.63, 3.8) is 0 Å². The Labute approximate surface area is 199 Å². The van der Waals surface area contributed by atoms with Gasteiger partial charge in [-0.05, 0) is 67.5 Å². The number of amides is 1. The van der Waals surface area contributed by atoms with Gasteiger partial charge in [-0.1, -0.05) is 12.1 Å². The van der Waals surface area contributed by atoms with Crippen LogP contribution in [0, 0.1) is 12.7 Å². The molecule has 174 valence electrons. The first-order chi connectivity index (χ1) is 16.5. The van der Waals surface area contributed by atoms with Crippen LogP contribution in [0.3, 0.4) is 0 Å². The van der Waals surface area contributed by atoms with E-state index >= 15 is 0 Å². The summed E-state index contributed by atoms with van der Waals surface area (Å²) in [5, 5.41) is 8.79. The average Bonchev–Trinajstić information content (AvgIpc) is 3.36. The molecule has 4 aromatic rings. The number of fused-ring (bicyclic) bond motifs is 2. The molecule has 0 unspecified atom stereocenters. The summed E-state index contributed by atoms with van der Waals surface area (Å²) in [5.41, 5.74) is 4.45. The molecule has 1 aromatic carbocycles. The number of rotatable bonds is 5. The SMILES string of the molecule is COC(=O)c1c(NC(=O)Cn2nc(C)c3c(-c4ccc(F)cc4)ccnc32)sc2c1CCCC2. The molecule has 0 radical (unpaired) electrons. The molecule has 0 spiro atoms. The number of halogens is 1. The number of nitrogens with one attached hydrogen (secondary N) is 1. The first-order valence-corrected chi connectivity index (χ1v) is 11.9. The third-order valence-corrected chi connectivity index (χ3v) is 7.28. The topological polar surface area (TPSA) is 86.1 Å². The van der Waals surface area contributed by atoms with Crippen LogP contribution >= 0.6 is 11.3 Å². The Balaban J connectivity index is 1.45. The Morgan fingerprint density at radius 3 is 2.71 bits per heavy atom. The lowest BCUT2D eigenvalue weighted by Crippen LogP contribution is -2.21. The Morgan fingerprint density at radius 1 is 1.18 bits per heavy atom. The molecule has 0 fully saturated rings. The van der Waals surface area contributed by atoms with E-state index in [0.717, 1.165) is 58.3 Å². The minimum absolute atomic E-state index is 0.0621. The summed E-state index contributed by atoms with van der Waals surface area (Å²) in [7, 11) is 1.35. The number of ether oxygens (including phenoxy) is 1. The van der Waals surface area contributed by atoms with E-state index in [1.807, 2.05) is 13.0 Å². The van der Waals surface area contributed by atoms with Crippen molar-refractivity contribution in [3.8, 4) is 11.1 Å². The van der Waals surface area contributed by atoms with Gasteiger partial charge < -0.3 is 10.1 Å². The molecular weight excluding hydrogens is 455 g/mol. The lowest BCUT2D eigenvalue weighted by molar-refractivity contribution is -0.116. The van der Waals surface area contributed by atoms with Gasteiger partial charge in [0.1, 0.15) is 17.4 Å². The van der Waals surface area contributed by atoms with E-state index in [1.165, 1.54) is 30.6 Å². The number of hydrogen-bond acceptors (Lipinski definition) is 6. The minimum atomic E-state index is -0.430. The maximum absolute atomic E-state index is 13.4. The van der Waals surface area contributed by atoms with Gasteiger partial charge in [-0.15, -0.1) is 11.3 Å². The molecule has 34 heavy (non-hydrogen) atoms. The molecule has 0 bridgehead atoms. The second-order valence-electron chi connectivity index (χ2n) is 8.26. The highest BCUT2D eigenvalue weighted by atomic mass is 32.1. The molecule has 5 rings (SSSR count). The number of carbonyl (C=O) groups is 2. The van der Waals surface area contributed by atoms with Crippen LogP contribution in [-0.2, 0) is 28.9 Å². The summed E-state index contributed by atoms with van der Waals surface area (Å²) in [6.45, 7) is 1.79. The maximum Gasteiger partial charge on any atom is 0.341 e. The van der Waals surface area contributed by atoms with Gasteiger partial charge in [0.25, 0.3) is 0 Å². The number of nitrogens with zero attached hydrogens (tertiary/aromatic N) is 3. The molecule has 0 saturated carbocycles. The number of thiophene rings is 1. The fourth-order valence-electron chi connectivity index (χ4n) is 4.54. The van der Waals surface area contributed by atoms with Gasteiger partial charge in [0.05, 0.1) is 18.4 Å². The van der Waals surface area contributed by atoms with Crippen LogP contribution in [0.1, 0.15) is 39.3 Å². The molecule has 0 atom stereocenters. The van der Waals surface area contributed by atoms with Crippen molar-refractivity contribution in [3.05, 3.63) is 64.0 Å². The zero-order chi connectivity index (χ0) is 23.8. The summed E-state index contributed by atoms with van der Waals surface area (Å²) in [5.74, 6) is -1.04. The van der Waals surface area contributed by atoms with Gasteiger partial charge in [0.15, 0.2) is 5.65 Å². The van der Waals surface area contributed by atoms with Gasteiger partial charge in [0.2, 0.25) is 5.91 Å². The lowest BCUT2D eigenvalue weighted by Gasteiger charge is -2.11. The number of hydrogen-bond donors (Lipinski definition) is 1. The minimum Gasteiger partial charge on any atom is -0.465 e. The van der Waals surface area contributed by atoms with Crippen molar-refractivity contribution >= 4 is 39.2 Å². The van der Waals surface area contributed by atoms with Crippen LogP contribution in [0.15, 0.2) is 36.5 Å². The smallest absolute Gasteiger partial charge is 0.341 e. The average molecular weight is 479 g/mol. The molecule has 1 aliphatic carbocycles. The highest BCUT2D eigenvalue weighted by molar-refractivity contribution is 7.17. The number of aryl methyl sites for hydroxylation is 2. The quantitative estimate of drug-likeness (QED) is 0.412. The molecule has 0 saturated heterocycles. The van der Waals surface area contributed by atoms with Crippen LogP contribution in [-0.4, -0.2) is 33.8 Å².